The van der Waals surface area contributed by atoms with Crippen molar-refractivity contribution in [1.29, 1.82) is 0 Å². The highest BCUT2D eigenvalue weighted by Gasteiger charge is 2.53. The maximum atomic E-state index is 12.4. The summed E-state index contributed by atoms with van der Waals surface area (Å²) in [6, 6.07) is 7.84. The van der Waals surface area contributed by atoms with Crippen LogP contribution in [0, 0.1) is 5.92 Å². The van der Waals surface area contributed by atoms with Gasteiger partial charge in [0.15, 0.2) is 0 Å². The molecule has 2 aliphatic rings. The predicted octanol–water partition coefficient (Wildman–Crippen LogP) is 3.85. The second-order valence-corrected chi connectivity index (χ2v) is 8.00. The molecule has 3 aromatic rings. The minimum Gasteiger partial charge on any atom is -0.462 e. The van der Waals surface area contributed by atoms with Crippen molar-refractivity contribution in [3.8, 4) is 0 Å². The molecule has 0 saturated carbocycles. The molecule has 0 bridgehead atoms. The van der Waals surface area contributed by atoms with Crippen molar-refractivity contribution >= 4 is 5.97 Å². The molecule has 6 heteroatoms. The zero-order valence-electron chi connectivity index (χ0n) is 16.6. The molecule has 0 saturated heterocycles. The number of fused-ring (bicyclic) bond motifs is 4. The van der Waals surface area contributed by atoms with E-state index < -0.39 is 0 Å². The van der Waals surface area contributed by atoms with E-state index in [2.05, 4.69) is 23.1 Å². The Labute approximate surface area is 169 Å². The number of hydrogen-bond acceptors (Lipinski definition) is 6. The molecule has 1 aromatic carbocycles. The molecule has 29 heavy (non-hydrogen) atoms. The summed E-state index contributed by atoms with van der Waals surface area (Å²) in [7, 11) is 0. The topological polar surface area (TPSA) is 78.1 Å². The van der Waals surface area contributed by atoms with Crippen LogP contribution < -0.4 is 0 Å². The number of aromatic nitrogens is 3. The summed E-state index contributed by atoms with van der Waals surface area (Å²) in [6.07, 6.45) is 8.08. The highest BCUT2D eigenvalue weighted by atomic mass is 16.5. The average Bonchev–Trinajstić information content (AvgIpc) is 3.22. The van der Waals surface area contributed by atoms with Gasteiger partial charge in [0.25, 0.3) is 0 Å². The standard InChI is InChI=1S/C23H23N3O3/c1-3-28-22(27)15-5-4-6-18(9-15)23-10-17-12-26-29-20(17)14(2)19(23)8-7-16-11-24-13-25-21(16)23/h4-6,9,11-14,19H,3,7-8,10H2,1-2H3/t14-,19-,23+/m0/s1. The molecular formula is C23H23N3O3. The van der Waals surface area contributed by atoms with Gasteiger partial charge < -0.3 is 9.26 Å². The Balaban J connectivity index is 1.74. The van der Waals surface area contributed by atoms with Crippen molar-refractivity contribution in [2.24, 2.45) is 5.92 Å². The van der Waals surface area contributed by atoms with Crippen LogP contribution in [0.1, 0.15) is 64.7 Å². The highest BCUT2D eigenvalue weighted by Crippen LogP contribution is 2.56. The van der Waals surface area contributed by atoms with E-state index in [-0.39, 0.29) is 17.3 Å². The molecule has 2 aliphatic carbocycles. The lowest BCUT2D eigenvalue weighted by Gasteiger charge is -2.49. The number of hydrogen-bond donors (Lipinski definition) is 0. The number of benzene rings is 1. The second-order valence-electron chi connectivity index (χ2n) is 8.00. The van der Waals surface area contributed by atoms with Crippen molar-refractivity contribution in [2.45, 2.75) is 44.4 Å². The SMILES string of the molecule is CCOC(=O)c1cccc([C@]23Cc4cnoc4[C@@H](C)[C@@H]2CCc2cncnc23)c1. The van der Waals surface area contributed by atoms with Gasteiger partial charge in [0.2, 0.25) is 0 Å². The monoisotopic (exact) mass is 389 g/mol. The van der Waals surface area contributed by atoms with Crippen LogP contribution in [-0.2, 0) is 23.0 Å². The van der Waals surface area contributed by atoms with E-state index in [0.29, 0.717) is 18.1 Å². The first-order valence-electron chi connectivity index (χ1n) is 10.2. The van der Waals surface area contributed by atoms with E-state index in [1.54, 1.807) is 6.33 Å². The highest BCUT2D eigenvalue weighted by molar-refractivity contribution is 5.89. The van der Waals surface area contributed by atoms with Gasteiger partial charge in [-0.3, -0.25) is 0 Å². The molecule has 0 radical (unpaired) electrons. The summed E-state index contributed by atoms with van der Waals surface area (Å²) < 4.78 is 10.9. The maximum Gasteiger partial charge on any atom is 0.338 e. The van der Waals surface area contributed by atoms with E-state index in [1.165, 1.54) is 5.56 Å². The number of aryl methyl sites for hydroxylation is 1. The molecule has 5 rings (SSSR count). The molecule has 2 aromatic heterocycles. The van der Waals surface area contributed by atoms with Crippen LogP contribution in [0.5, 0.6) is 0 Å². The molecule has 0 fully saturated rings. The van der Waals surface area contributed by atoms with Crippen molar-refractivity contribution < 1.29 is 14.1 Å². The van der Waals surface area contributed by atoms with Crippen molar-refractivity contribution in [3.63, 3.8) is 0 Å². The molecule has 2 heterocycles. The van der Waals surface area contributed by atoms with Crippen molar-refractivity contribution in [3.05, 3.63) is 76.7 Å². The minimum atomic E-state index is -0.350. The first-order chi connectivity index (χ1) is 14.1. The minimum absolute atomic E-state index is 0.204. The van der Waals surface area contributed by atoms with Gasteiger partial charge >= 0.3 is 5.97 Å². The first kappa shape index (κ1) is 18.0. The molecule has 0 N–H and O–H groups in total. The van der Waals surface area contributed by atoms with Gasteiger partial charge in [0.1, 0.15) is 12.1 Å². The lowest BCUT2D eigenvalue weighted by molar-refractivity contribution is 0.0526. The zero-order chi connectivity index (χ0) is 20.0. The largest absolute Gasteiger partial charge is 0.462 e. The number of rotatable bonds is 3. The molecule has 148 valence electrons. The Morgan fingerprint density at radius 1 is 1.31 bits per heavy atom. The van der Waals surface area contributed by atoms with Crippen LogP contribution in [0.25, 0.3) is 0 Å². The van der Waals surface area contributed by atoms with Gasteiger partial charge in [-0.05, 0) is 55.4 Å². The number of esters is 1. The summed E-state index contributed by atoms with van der Waals surface area (Å²) in [5.41, 5.74) is 4.66. The maximum absolute atomic E-state index is 12.4. The lowest BCUT2D eigenvalue weighted by atomic mass is 9.53. The van der Waals surface area contributed by atoms with E-state index >= 15 is 0 Å². The normalized spacial score (nSPS) is 24.9. The van der Waals surface area contributed by atoms with E-state index in [1.807, 2.05) is 37.5 Å². The summed E-state index contributed by atoms with van der Waals surface area (Å²) >= 11 is 0. The van der Waals surface area contributed by atoms with Crippen LogP contribution in [0.4, 0.5) is 0 Å². The molecule has 3 atom stereocenters. The van der Waals surface area contributed by atoms with Crippen LogP contribution in [-0.4, -0.2) is 27.7 Å². The van der Waals surface area contributed by atoms with Gasteiger partial charge in [-0.15, -0.1) is 0 Å². The molecule has 0 spiro atoms. The smallest absolute Gasteiger partial charge is 0.338 e. The van der Waals surface area contributed by atoms with Crippen LogP contribution in [0.3, 0.4) is 0 Å². The quantitative estimate of drug-likeness (QED) is 0.633. The van der Waals surface area contributed by atoms with Crippen LogP contribution in [0.15, 0.2) is 47.5 Å². The van der Waals surface area contributed by atoms with Crippen molar-refractivity contribution in [2.75, 3.05) is 6.61 Å². The fourth-order valence-corrected chi connectivity index (χ4v) is 5.42. The van der Waals surface area contributed by atoms with Crippen LogP contribution in [0.2, 0.25) is 0 Å². The van der Waals surface area contributed by atoms with Crippen molar-refractivity contribution in [1.82, 2.24) is 15.1 Å². The number of carbonyl (C=O) groups excluding carboxylic acids is 1. The Bertz CT molecular complexity index is 1080. The third-order valence-electron chi connectivity index (χ3n) is 6.62. The summed E-state index contributed by atoms with van der Waals surface area (Å²) in [6.45, 7) is 4.39. The fourth-order valence-electron chi connectivity index (χ4n) is 5.42. The van der Waals surface area contributed by atoms with Gasteiger partial charge in [0, 0.05) is 23.1 Å². The Morgan fingerprint density at radius 2 is 2.21 bits per heavy atom. The number of ether oxygens (including phenoxy) is 1. The number of nitrogens with zero attached hydrogens (tertiary/aromatic N) is 3. The van der Waals surface area contributed by atoms with Gasteiger partial charge in [-0.2, -0.15) is 0 Å². The zero-order valence-corrected chi connectivity index (χ0v) is 16.6. The summed E-state index contributed by atoms with van der Waals surface area (Å²) in [4.78, 5) is 21.5. The molecule has 0 aliphatic heterocycles. The van der Waals surface area contributed by atoms with E-state index in [4.69, 9.17) is 14.2 Å². The molecule has 6 nitrogen and oxygen atoms in total. The van der Waals surface area contributed by atoms with Gasteiger partial charge in [-0.1, -0.05) is 24.2 Å². The Kier molecular flexibility index (Phi) is 4.23. The van der Waals surface area contributed by atoms with E-state index in [9.17, 15) is 4.79 Å². The Hall–Kier alpha value is -3.02. The molecule has 0 unspecified atom stereocenters. The second kappa shape index (κ2) is 6.79. The first-order valence-corrected chi connectivity index (χ1v) is 10.2. The van der Waals surface area contributed by atoms with E-state index in [0.717, 1.165) is 41.8 Å². The van der Waals surface area contributed by atoms with Crippen LogP contribution >= 0.6 is 0 Å². The Morgan fingerprint density at radius 3 is 3.07 bits per heavy atom. The fraction of sp³-hybridized carbons (Fsp3) is 0.391. The van der Waals surface area contributed by atoms with Gasteiger partial charge in [0.05, 0.1) is 24.1 Å². The molecular weight excluding hydrogens is 366 g/mol. The average molecular weight is 389 g/mol. The number of carbonyl (C=O) groups is 1. The third kappa shape index (κ3) is 2.62. The molecule has 0 amide bonds. The summed E-state index contributed by atoms with van der Waals surface area (Å²) in [5.74, 6) is 1.18. The lowest BCUT2D eigenvalue weighted by Crippen LogP contribution is -2.48. The van der Waals surface area contributed by atoms with Gasteiger partial charge in [-0.25, -0.2) is 14.8 Å². The summed E-state index contributed by atoms with van der Waals surface area (Å²) in [5, 5.41) is 4.08. The third-order valence-corrected chi connectivity index (χ3v) is 6.62. The predicted molar refractivity (Wildman–Crippen MR) is 106 cm³/mol.